The van der Waals surface area contributed by atoms with Crippen LogP contribution >= 0.6 is 12.4 Å². The largest absolute Gasteiger partial charge is 0.213 e. The van der Waals surface area contributed by atoms with E-state index in [1.165, 1.54) is 11.0 Å². The highest BCUT2D eigenvalue weighted by Gasteiger charge is 1.88. The van der Waals surface area contributed by atoms with Gasteiger partial charge in [0.2, 0.25) is 0 Å². The Labute approximate surface area is 63.3 Å². The number of nitrogens with zero attached hydrogens (tertiary/aromatic N) is 4. The van der Waals surface area contributed by atoms with Crippen molar-refractivity contribution in [2.24, 2.45) is 0 Å². The van der Waals surface area contributed by atoms with Crippen molar-refractivity contribution < 1.29 is 0 Å². The Hall–Kier alpha value is -1.16. The minimum Gasteiger partial charge on any atom is -0.213 e. The Morgan fingerprint density at radius 2 is 2.20 bits per heavy atom. The number of hydrogen-bond acceptors (Lipinski definition) is 3. The molecule has 52 valence electrons. The van der Waals surface area contributed by atoms with Gasteiger partial charge in [0, 0.05) is 6.20 Å². The zero-order valence-corrected chi connectivity index (χ0v) is 5.82. The lowest BCUT2D eigenvalue weighted by Crippen LogP contribution is -1.89. The van der Waals surface area contributed by atoms with Crippen LogP contribution in [-0.4, -0.2) is 19.8 Å². The molecule has 0 unspecified atom stereocenters. The average molecular weight is 157 g/mol. The second-order valence-corrected chi connectivity index (χ2v) is 1.63. The molecule has 0 spiro atoms. The molecule has 0 bridgehead atoms. The lowest BCUT2D eigenvalue weighted by atomic mass is 10.6. The third kappa shape index (κ3) is 0.930. The zero-order valence-electron chi connectivity index (χ0n) is 5.01. The summed E-state index contributed by atoms with van der Waals surface area (Å²) in [5, 5.41) is 7.70. The van der Waals surface area contributed by atoms with E-state index in [-0.39, 0.29) is 12.4 Å². The smallest absolute Gasteiger partial charge is 0.175 e. The van der Waals surface area contributed by atoms with E-state index in [1.54, 1.807) is 6.20 Å². The molecule has 5 heteroatoms. The van der Waals surface area contributed by atoms with Crippen LogP contribution in [0, 0.1) is 0 Å². The monoisotopic (exact) mass is 156 g/mol. The molecule has 0 aliphatic heterocycles. The lowest BCUT2D eigenvalue weighted by Gasteiger charge is -1.83. The van der Waals surface area contributed by atoms with Gasteiger partial charge < -0.3 is 0 Å². The first-order valence-corrected chi connectivity index (χ1v) is 2.58. The van der Waals surface area contributed by atoms with Crippen molar-refractivity contribution in [3.8, 4) is 0 Å². The van der Waals surface area contributed by atoms with Crippen molar-refractivity contribution in [2.45, 2.75) is 0 Å². The van der Waals surface area contributed by atoms with Crippen molar-refractivity contribution in [1.82, 2.24) is 19.8 Å². The Balaban J connectivity index is 0.000000500. The molecule has 4 nitrogen and oxygen atoms in total. The molecular formula is C5H5ClN4. The zero-order chi connectivity index (χ0) is 6.10. The molecule has 0 radical (unpaired) electrons. The molecule has 0 aromatic carbocycles. The molecule has 0 saturated carbocycles. The van der Waals surface area contributed by atoms with Crippen molar-refractivity contribution >= 4 is 18.1 Å². The van der Waals surface area contributed by atoms with Gasteiger partial charge in [-0.2, -0.15) is 5.10 Å². The summed E-state index contributed by atoms with van der Waals surface area (Å²) in [7, 11) is 0. The summed E-state index contributed by atoms with van der Waals surface area (Å²) in [5.41, 5.74) is 0.775. The first-order valence-electron chi connectivity index (χ1n) is 2.58. The molecule has 2 aromatic heterocycles. The highest BCUT2D eigenvalue weighted by atomic mass is 35.5. The fourth-order valence-corrected chi connectivity index (χ4v) is 0.674. The predicted octanol–water partition coefficient (Wildman–Crippen LogP) is 0.546. The van der Waals surface area contributed by atoms with Gasteiger partial charge >= 0.3 is 0 Å². The van der Waals surface area contributed by atoms with Gasteiger partial charge in [0.25, 0.3) is 0 Å². The third-order valence-electron chi connectivity index (χ3n) is 1.06. The SMILES string of the molecule is Cl.c1cnn2ncnc2c1. The van der Waals surface area contributed by atoms with Crippen LogP contribution in [-0.2, 0) is 0 Å². The van der Waals surface area contributed by atoms with Crippen molar-refractivity contribution in [1.29, 1.82) is 0 Å². The molecule has 0 fully saturated rings. The number of aromatic nitrogens is 4. The highest BCUT2D eigenvalue weighted by Crippen LogP contribution is 1.89. The molecule has 0 saturated heterocycles. The average Bonchev–Trinajstić information content (AvgIpc) is 2.33. The maximum atomic E-state index is 3.91. The summed E-state index contributed by atoms with van der Waals surface area (Å²) in [6.45, 7) is 0. The maximum Gasteiger partial charge on any atom is 0.175 e. The van der Waals surface area contributed by atoms with Gasteiger partial charge in [0.05, 0.1) is 0 Å². The first kappa shape index (κ1) is 6.95. The van der Waals surface area contributed by atoms with E-state index >= 15 is 0 Å². The second-order valence-electron chi connectivity index (χ2n) is 1.63. The highest BCUT2D eigenvalue weighted by molar-refractivity contribution is 5.85. The molecule has 0 aliphatic carbocycles. The van der Waals surface area contributed by atoms with E-state index in [0.717, 1.165) is 5.65 Å². The van der Waals surface area contributed by atoms with E-state index in [1.807, 2.05) is 12.1 Å². The van der Waals surface area contributed by atoms with Crippen LogP contribution in [0.4, 0.5) is 0 Å². The third-order valence-corrected chi connectivity index (χ3v) is 1.06. The van der Waals surface area contributed by atoms with Crippen LogP contribution in [0.5, 0.6) is 0 Å². The summed E-state index contributed by atoms with van der Waals surface area (Å²) in [5.74, 6) is 0. The van der Waals surface area contributed by atoms with Crippen molar-refractivity contribution in [3.05, 3.63) is 24.7 Å². The number of hydrogen-bond donors (Lipinski definition) is 0. The quantitative estimate of drug-likeness (QED) is 0.560. The summed E-state index contributed by atoms with van der Waals surface area (Å²) >= 11 is 0. The van der Waals surface area contributed by atoms with Crippen molar-refractivity contribution in [3.63, 3.8) is 0 Å². The molecule has 0 atom stereocenters. The minimum absolute atomic E-state index is 0. The fourth-order valence-electron chi connectivity index (χ4n) is 0.674. The Morgan fingerprint density at radius 1 is 1.30 bits per heavy atom. The number of rotatable bonds is 0. The normalized spacial score (nSPS) is 9.20. The maximum absolute atomic E-state index is 3.91. The molecule has 2 heterocycles. The van der Waals surface area contributed by atoms with E-state index in [9.17, 15) is 0 Å². The Kier molecular flexibility index (Phi) is 1.82. The second kappa shape index (κ2) is 2.62. The van der Waals surface area contributed by atoms with Crippen molar-refractivity contribution in [2.75, 3.05) is 0 Å². The van der Waals surface area contributed by atoms with Crippen LogP contribution < -0.4 is 0 Å². The van der Waals surface area contributed by atoms with E-state index in [2.05, 4.69) is 15.2 Å². The topological polar surface area (TPSA) is 43.1 Å². The lowest BCUT2D eigenvalue weighted by molar-refractivity contribution is 0.799. The van der Waals surface area contributed by atoms with Gasteiger partial charge in [-0.15, -0.1) is 22.1 Å². The molecule has 0 amide bonds. The summed E-state index contributed by atoms with van der Waals surface area (Å²) in [6.07, 6.45) is 3.14. The molecule has 2 rings (SSSR count). The minimum atomic E-state index is 0. The van der Waals surface area contributed by atoms with Crippen LogP contribution in [0.3, 0.4) is 0 Å². The molecule has 0 N–H and O–H groups in total. The van der Waals surface area contributed by atoms with Gasteiger partial charge in [-0.05, 0) is 12.1 Å². The Bertz CT molecular complexity index is 288. The van der Waals surface area contributed by atoms with Crippen LogP contribution in [0.15, 0.2) is 24.7 Å². The Morgan fingerprint density at radius 3 is 3.00 bits per heavy atom. The molecule has 10 heavy (non-hydrogen) atoms. The van der Waals surface area contributed by atoms with Gasteiger partial charge in [-0.1, -0.05) is 0 Å². The standard InChI is InChI=1S/C5H4N4.ClH/c1-2-5-6-4-8-9(5)7-3-1;/h1-4H;1H. The van der Waals surface area contributed by atoms with E-state index < -0.39 is 0 Å². The summed E-state index contributed by atoms with van der Waals surface area (Å²) in [6, 6.07) is 3.67. The van der Waals surface area contributed by atoms with Crippen LogP contribution in [0.2, 0.25) is 0 Å². The number of halogens is 1. The van der Waals surface area contributed by atoms with E-state index in [4.69, 9.17) is 0 Å². The summed E-state index contributed by atoms with van der Waals surface area (Å²) < 4.78 is 1.47. The van der Waals surface area contributed by atoms with Gasteiger partial charge in [-0.25, -0.2) is 4.98 Å². The van der Waals surface area contributed by atoms with Gasteiger partial charge in [0.15, 0.2) is 5.65 Å². The van der Waals surface area contributed by atoms with E-state index in [0.29, 0.717) is 0 Å². The fraction of sp³-hybridized carbons (Fsp3) is 0. The van der Waals surface area contributed by atoms with Crippen LogP contribution in [0.1, 0.15) is 0 Å². The predicted molar refractivity (Wildman–Crippen MR) is 38.0 cm³/mol. The van der Waals surface area contributed by atoms with Gasteiger partial charge in [-0.3, -0.25) is 0 Å². The molecule has 2 aromatic rings. The van der Waals surface area contributed by atoms with Crippen LogP contribution in [0.25, 0.3) is 5.65 Å². The molecule has 0 aliphatic rings. The summed E-state index contributed by atoms with van der Waals surface area (Å²) in [4.78, 5) is 3.91. The number of fused-ring (bicyclic) bond motifs is 1. The van der Waals surface area contributed by atoms with Gasteiger partial charge in [0.1, 0.15) is 6.33 Å². The first-order chi connectivity index (χ1) is 4.47. The molecular weight excluding hydrogens is 152 g/mol.